The van der Waals surface area contributed by atoms with Gasteiger partial charge in [0.2, 0.25) is 0 Å². The summed E-state index contributed by atoms with van der Waals surface area (Å²) in [6.45, 7) is 6.66. The van der Waals surface area contributed by atoms with E-state index in [1.807, 2.05) is 0 Å². The van der Waals surface area contributed by atoms with Gasteiger partial charge in [0.05, 0.1) is 0 Å². The molecule has 14 heavy (non-hydrogen) atoms. The summed E-state index contributed by atoms with van der Waals surface area (Å²) >= 11 is 0. The first kappa shape index (κ1) is 8.45. The monoisotopic (exact) mass is 191 g/mol. The third kappa shape index (κ3) is 0.928. The maximum absolute atomic E-state index is 4.36. The van der Waals surface area contributed by atoms with Crippen molar-refractivity contribution in [3.05, 3.63) is 11.6 Å². The van der Waals surface area contributed by atoms with Crippen LogP contribution in [0.2, 0.25) is 0 Å². The normalized spacial score (nSPS) is 22.8. The summed E-state index contributed by atoms with van der Waals surface area (Å²) in [6.07, 6.45) is 5.09. The molecule has 1 aromatic rings. The van der Waals surface area contributed by atoms with Gasteiger partial charge in [-0.15, -0.1) is 10.2 Å². The maximum atomic E-state index is 4.36. The average molecular weight is 191 g/mol. The molecule has 1 spiro atoms. The van der Waals surface area contributed by atoms with E-state index in [9.17, 15) is 0 Å². The molecule has 76 valence electrons. The molecule has 0 atom stereocenters. The van der Waals surface area contributed by atoms with E-state index in [-0.39, 0.29) is 5.41 Å². The first-order valence-corrected chi connectivity index (χ1v) is 5.48. The first-order chi connectivity index (χ1) is 6.53. The number of hydrogen-bond acceptors (Lipinski definition) is 2. The van der Waals surface area contributed by atoms with Crippen molar-refractivity contribution in [3.63, 3.8) is 0 Å². The standard InChI is InChI=1S/C11H17N3/c1-10(2,3)9-13-12-8-4-5-11(6-7-11)14(8)9/h4-7H2,1-3H3. The molecule has 0 bridgehead atoms. The predicted molar refractivity (Wildman–Crippen MR) is 54.3 cm³/mol. The van der Waals surface area contributed by atoms with Crippen molar-refractivity contribution in [2.45, 2.75) is 57.4 Å². The summed E-state index contributed by atoms with van der Waals surface area (Å²) in [7, 11) is 0. The summed E-state index contributed by atoms with van der Waals surface area (Å²) in [5, 5.41) is 8.67. The summed E-state index contributed by atoms with van der Waals surface area (Å²) in [5.74, 6) is 2.40. The SMILES string of the molecule is CC(C)(C)c1nnc2n1C1(CC2)CC1. The number of fused-ring (bicyclic) bond motifs is 2. The molecule has 0 aromatic carbocycles. The van der Waals surface area contributed by atoms with Crippen LogP contribution in [0.15, 0.2) is 0 Å². The van der Waals surface area contributed by atoms with Crippen LogP contribution in [0.1, 0.15) is 51.7 Å². The Kier molecular flexibility index (Phi) is 1.33. The van der Waals surface area contributed by atoms with Crippen molar-refractivity contribution in [1.29, 1.82) is 0 Å². The third-order valence-corrected chi connectivity index (χ3v) is 3.52. The zero-order chi connectivity index (χ0) is 9.97. The lowest BCUT2D eigenvalue weighted by Crippen LogP contribution is -2.24. The van der Waals surface area contributed by atoms with Gasteiger partial charge in [-0.2, -0.15) is 0 Å². The predicted octanol–water partition coefficient (Wildman–Crippen LogP) is 2.01. The highest BCUT2D eigenvalue weighted by molar-refractivity contribution is 5.20. The Hall–Kier alpha value is -0.860. The molecule has 0 unspecified atom stereocenters. The summed E-state index contributed by atoms with van der Waals surface area (Å²) in [6, 6.07) is 0. The Morgan fingerprint density at radius 3 is 2.43 bits per heavy atom. The Labute approximate surface area is 84.5 Å². The minimum absolute atomic E-state index is 0.130. The van der Waals surface area contributed by atoms with Gasteiger partial charge >= 0.3 is 0 Å². The van der Waals surface area contributed by atoms with Gasteiger partial charge in [0.1, 0.15) is 11.6 Å². The van der Waals surface area contributed by atoms with Crippen molar-refractivity contribution in [3.8, 4) is 0 Å². The molecular weight excluding hydrogens is 174 g/mol. The minimum atomic E-state index is 0.130. The zero-order valence-corrected chi connectivity index (χ0v) is 9.17. The molecule has 0 radical (unpaired) electrons. The molecule has 1 saturated carbocycles. The van der Waals surface area contributed by atoms with Crippen LogP contribution in [0.3, 0.4) is 0 Å². The molecule has 3 heteroatoms. The second-order valence-corrected chi connectivity index (χ2v) is 5.75. The zero-order valence-electron chi connectivity index (χ0n) is 9.17. The van der Waals surface area contributed by atoms with E-state index in [0.29, 0.717) is 5.54 Å². The maximum Gasteiger partial charge on any atom is 0.138 e. The van der Waals surface area contributed by atoms with Crippen molar-refractivity contribution in [2.24, 2.45) is 0 Å². The largest absolute Gasteiger partial charge is 0.308 e. The van der Waals surface area contributed by atoms with Crippen LogP contribution in [0.5, 0.6) is 0 Å². The molecule has 1 aliphatic carbocycles. The van der Waals surface area contributed by atoms with Gasteiger partial charge in [-0.05, 0) is 19.3 Å². The van der Waals surface area contributed by atoms with Gasteiger partial charge in [0.15, 0.2) is 0 Å². The van der Waals surface area contributed by atoms with Crippen LogP contribution in [-0.4, -0.2) is 14.8 Å². The fraction of sp³-hybridized carbons (Fsp3) is 0.818. The van der Waals surface area contributed by atoms with Gasteiger partial charge in [-0.3, -0.25) is 0 Å². The number of aryl methyl sites for hydroxylation is 1. The Morgan fingerprint density at radius 2 is 1.86 bits per heavy atom. The van der Waals surface area contributed by atoms with E-state index in [4.69, 9.17) is 0 Å². The van der Waals surface area contributed by atoms with E-state index < -0.39 is 0 Å². The van der Waals surface area contributed by atoms with Crippen molar-refractivity contribution in [2.75, 3.05) is 0 Å². The molecule has 2 heterocycles. The van der Waals surface area contributed by atoms with Crippen LogP contribution in [0.4, 0.5) is 0 Å². The fourth-order valence-electron chi connectivity index (χ4n) is 2.54. The average Bonchev–Trinajstić information content (AvgIpc) is 2.55. The van der Waals surface area contributed by atoms with Gasteiger partial charge in [0.25, 0.3) is 0 Å². The highest BCUT2D eigenvalue weighted by Crippen LogP contribution is 2.52. The molecule has 1 aliphatic heterocycles. The lowest BCUT2D eigenvalue weighted by molar-refractivity contribution is 0.430. The number of rotatable bonds is 0. The van der Waals surface area contributed by atoms with Gasteiger partial charge in [-0.1, -0.05) is 20.8 Å². The smallest absolute Gasteiger partial charge is 0.138 e. The minimum Gasteiger partial charge on any atom is -0.308 e. The van der Waals surface area contributed by atoms with Crippen LogP contribution < -0.4 is 0 Å². The van der Waals surface area contributed by atoms with E-state index in [2.05, 4.69) is 35.5 Å². The van der Waals surface area contributed by atoms with E-state index in [0.717, 1.165) is 6.42 Å². The van der Waals surface area contributed by atoms with Crippen molar-refractivity contribution < 1.29 is 0 Å². The number of hydrogen-bond donors (Lipinski definition) is 0. The molecule has 1 fully saturated rings. The number of aromatic nitrogens is 3. The Morgan fingerprint density at radius 1 is 1.14 bits per heavy atom. The van der Waals surface area contributed by atoms with Gasteiger partial charge in [-0.25, -0.2) is 0 Å². The van der Waals surface area contributed by atoms with Crippen LogP contribution in [-0.2, 0) is 17.4 Å². The van der Waals surface area contributed by atoms with Gasteiger partial charge in [0, 0.05) is 17.4 Å². The first-order valence-electron chi connectivity index (χ1n) is 5.48. The van der Waals surface area contributed by atoms with Gasteiger partial charge < -0.3 is 4.57 Å². The van der Waals surface area contributed by atoms with Crippen LogP contribution >= 0.6 is 0 Å². The van der Waals surface area contributed by atoms with E-state index >= 15 is 0 Å². The second-order valence-electron chi connectivity index (χ2n) is 5.75. The van der Waals surface area contributed by atoms with Crippen molar-refractivity contribution >= 4 is 0 Å². The van der Waals surface area contributed by atoms with Crippen LogP contribution in [0.25, 0.3) is 0 Å². The highest BCUT2D eigenvalue weighted by atomic mass is 15.3. The Balaban J connectivity index is 2.16. The molecule has 3 nitrogen and oxygen atoms in total. The molecule has 2 aliphatic rings. The topological polar surface area (TPSA) is 30.7 Å². The summed E-state index contributed by atoms with van der Waals surface area (Å²) < 4.78 is 2.44. The highest BCUT2D eigenvalue weighted by Gasteiger charge is 2.51. The summed E-state index contributed by atoms with van der Waals surface area (Å²) in [5.41, 5.74) is 0.576. The van der Waals surface area contributed by atoms with E-state index in [1.54, 1.807) is 0 Å². The second kappa shape index (κ2) is 2.20. The molecule has 1 aromatic heterocycles. The molecule has 0 amide bonds. The van der Waals surface area contributed by atoms with E-state index in [1.165, 1.54) is 30.9 Å². The molecule has 0 N–H and O–H groups in total. The lowest BCUT2D eigenvalue weighted by Gasteiger charge is -2.21. The lowest BCUT2D eigenvalue weighted by atomic mass is 9.95. The van der Waals surface area contributed by atoms with Crippen LogP contribution in [0, 0.1) is 0 Å². The molecule has 0 saturated heterocycles. The fourth-order valence-corrected chi connectivity index (χ4v) is 2.54. The number of nitrogens with zero attached hydrogens (tertiary/aromatic N) is 3. The Bertz CT molecular complexity index is 380. The quantitative estimate of drug-likeness (QED) is 0.628. The van der Waals surface area contributed by atoms with Crippen molar-refractivity contribution in [1.82, 2.24) is 14.8 Å². The molecular formula is C11H17N3. The summed E-state index contributed by atoms with van der Waals surface area (Å²) in [4.78, 5) is 0. The molecule has 3 rings (SSSR count). The third-order valence-electron chi connectivity index (χ3n) is 3.52.